The number of fused-ring (bicyclic) bond motifs is 1. The number of piperidine rings is 1. The fourth-order valence-corrected chi connectivity index (χ4v) is 5.97. The van der Waals surface area contributed by atoms with E-state index in [2.05, 4.69) is 46.9 Å². The van der Waals surface area contributed by atoms with E-state index in [1.807, 2.05) is 17.0 Å². The summed E-state index contributed by atoms with van der Waals surface area (Å²) in [5, 5.41) is 7.03. The Hall–Kier alpha value is -2.12. The molecule has 0 radical (unpaired) electrons. The topological polar surface area (TPSA) is 65.4 Å². The van der Waals surface area contributed by atoms with E-state index >= 15 is 0 Å². The number of carbonyl (C=O) groups excluding carboxylic acids is 1. The Morgan fingerprint density at radius 1 is 0.857 bits per heavy atom. The fraction of sp³-hybridized carbons (Fsp3) is 0.771. The molecule has 0 bridgehead atoms. The highest BCUT2D eigenvalue weighted by Gasteiger charge is 2.18. The van der Waals surface area contributed by atoms with Crippen molar-refractivity contribution in [1.29, 1.82) is 0 Å². The maximum absolute atomic E-state index is 13.4. The number of hydrogen-bond donors (Lipinski definition) is 2. The Balaban J connectivity index is 0.000000552. The van der Waals surface area contributed by atoms with E-state index in [1.54, 1.807) is 0 Å². The quantitative estimate of drug-likeness (QED) is 0.236. The lowest BCUT2D eigenvalue weighted by Gasteiger charge is -2.26. The van der Waals surface area contributed by atoms with Crippen LogP contribution < -0.4 is 10.6 Å². The molecule has 7 nitrogen and oxygen atoms in total. The number of likely N-dealkylation sites (tertiary alicyclic amines) is 1. The van der Waals surface area contributed by atoms with Gasteiger partial charge in [0.2, 0.25) is 5.95 Å². The minimum Gasteiger partial charge on any atom is -0.354 e. The average molecular weight is 585 g/mol. The van der Waals surface area contributed by atoms with Crippen LogP contribution in [-0.2, 0) is 6.54 Å². The predicted octanol–water partition coefficient (Wildman–Crippen LogP) is 7.95. The molecule has 0 spiro atoms. The smallest absolute Gasteiger partial charge is 0.253 e. The zero-order valence-corrected chi connectivity index (χ0v) is 27.4. The summed E-state index contributed by atoms with van der Waals surface area (Å²) in [4.78, 5) is 22.8. The molecule has 0 atom stereocenters. The van der Waals surface area contributed by atoms with E-state index in [4.69, 9.17) is 4.98 Å². The number of nitrogens with zero attached hydrogens (tertiary/aromatic N) is 4. The van der Waals surface area contributed by atoms with Crippen LogP contribution in [0.5, 0.6) is 0 Å². The Kier molecular flexibility index (Phi) is 17.0. The summed E-state index contributed by atoms with van der Waals surface area (Å²) in [5.41, 5.74) is 2.82. The molecular weight excluding hydrogens is 520 g/mol. The first kappa shape index (κ1) is 34.4. The number of imidazole rings is 1. The third kappa shape index (κ3) is 11.9. The summed E-state index contributed by atoms with van der Waals surface area (Å²) in [5.74, 6) is 1.09. The van der Waals surface area contributed by atoms with E-state index in [0.29, 0.717) is 0 Å². The van der Waals surface area contributed by atoms with Crippen molar-refractivity contribution in [2.75, 3.05) is 57.7 Å². The van der Waals surface area contributed by atoms with Crippen LogP contribution >= 0.6 is 0 Å². The normalized spacial score (nSPS) is 16.6. The van der Waals surface area contributed by atoms with Gasteiger partial charge in [-0.3, -0.25) is 4.79 Å². The molecule has 1 aromatic heterocycles. The number of aryl methyl sites for hydroxylation is 1. The average Bonchev–Trinajstić information content (AvgIpc) is 3.44. The number of hydrogen-bond acceptors (Lipinski definition) is 5. The van der Waals surface area contributed by atoms with Crippen LogP contribution in [-0.4, -0.2) is 77.6 Å². The van der Waals surface area contributed by atoms with E-state index in [0.717, 1.165) is 93.8 Å². The van der Waals surface area contributed by atoms with Crippen molar-refractivity contribution in [3.63, 3.8) is 0 Å². The number of benzene rings is 1. The lowest BCUT2D eigenvalue weighted by molar-refractivity contribution is 0.0751. The van der Waals surface area contributed by atoms with Gasteiger partial charge in [0, 0.05) is 39.7 Å². The molecule has 2 aliphatic rings. The minimum atomic E-state index is 0. The Morgan fingerprint density at radius 3 is 2.12 bits per heavy atom. The van der Waals surface area contributed by atoms with Crippen LogP contribution in [0.2, 0.25) is 0 Å². The molecule has 240 valence electrons. The van der Waals surface area contributed by atoms with Gasteiger partial charge in [0.1, 0.15) is 0 Å². The second kappa shape index (κ2) is 20.7. The monoisotopic (exact) mass is 585 g/mol. The molecule has 1 amide bonds. The minimum absolute atomic E-state index is 0. The molecule has 0 saturated carbocycles. The van der Waals surface area contributed by atoms with Crippen LogP contribution in [0.1, 0.15) is 129 Å². The maximum Gasteiger partial charge on any atom is 0.253 e. The number of anilines is 1. The molecule has 0 aliphatic carbocycles. The highest BCUT2D eigenvalue weighted by Crippen LogP contribution is 2.23. The maximum atomic E-state index is 13.4. The van der Waals surface area contributed by atoms with Gasteiger partial charge in [-0.2, -0.15) is 0 Å². The largest absolute Gasteiger partial charge is 0.354 e. The van der Waals surface area contributed by atoms with Crippen molar-refractivity contribution >= 4 is 22.9 Å². The zero-order chi connectivity index (χ0) is 29.8. The molecule has 7 heteroatoms. The highest BCUT2D eigenvalue weighted by molar-refractivity contribution is 5.97. The summed E-state index contributed by atoms with van der Waals surface area (Å²) in [6.45, 7) is 16.1. The van der Waals surface area contributed by atoms with Crippen LogP contribution in [0, 0.1) is 0 Å². The summed E-state index contributed by atoms with van der Waals surface area (Å²) >= 11 is 0. The van der Waals surface area contributed by atoms with Gasteiger partial charge in [0.15, 0.2) is 0 Å². The molecule has 2 aromatic rings. The summed E-state index contributed by atoms with van der Waals surface area (Å²) in [7, 11) is 0. The SMILES string of the molecule is C1CCCCNCCC1.CCCCN(CCCC)C(=O)c1ccc2nc(NCCN3CCCCC3)n(CCCC)c2c1.[HH]. The third-order valence-electron chi connectivity index (χ3n) is 8.70. The van der Waals surface area contributed by atoms with Crippen LogP contribution in [0.3, 0.4) is 0 Å². The van der Waals surface area contributed by atoms with E-state index in [1.165, 1.54) is 84.0 Å². The summed E-state index contributed by atoms with van der Waals surface area (Å²) in [6.07, 6.45) is 19.1. The number of rotatable bonds is 14. The number of nitrogens with one attached hydrogen (secondary N) is 2. The molecule has 2 fully saturated rings. The van der Waals surface area contributed by atoms with Gasteiger partial charge in [-0.1, -0.05) is 72.1 Å². The number of amides is 1. The Bertz CT molecular complexity index is 969. The second-order valence-corrected chi connectivity index (χ2v) is 12.3. The third-order valence-corrected chi connectivity index (χ3v) is 8.70. The van der Waals surface area contributed by atoms with Gasteiger partial charge in [0.05, 0.1) is 11.0 Å². The zero-order valence-electron chi connectivity index (χ0n) is 27.4. The van der Waals surface area contributed by atoms with E-state index < -0.39 is 0 Å². The molecule has 42 heavy (non-hydrogen) atoms. The highest BCUT2D eigenvalue weighted by atomic mass is 16.2. The molecule has 4 rings (SSSR count). The van der Waals surface area contributed by atoms with Crippen molar-refractivity contribution < 1.29 is 6.22 Å². The molecule has 3 heterocycles. The first-order valence-corrected chi connectivity index (χ1v) is 17.6. The van der Waals surface area contributed by atoms with Crippen LogP contribution in [0.25, 0.3) is 11.0 Å². The molecular formula is C35H64N6O. The van der Waals surface area contributed by atoms with Gasteiger partial charge >= 0.3 is 0 Å². The summed E-state index contributed by atoms with van der Waals surface area (Å²) < 4.78 is 2.29. The predicted molar refractivity (Wildman–Crippen MR) is 182 cm³/mol. The molecule has 2 aliphatic heterocycles. The van der Waals surface area contributed by atoms with Crippen molar-refractivity contribution in [2.45, 2.75) is 124 Å². The van der Waals surface area contributed by atoms with Crippen LogP contribution in [0.15, 0.2) is 18.2 Å². The molecule has 2 saturated heterocycles. The first-order valence-electron chi connectivity index (χ1n) is 17.6. The van der Waals surface area contributed by atoms with Crippen LogP contribution in [0.4, 0.5) is 5.95 Å². The summed E-state index contributed by atoms with van der Waals surface area (Å²) in [6, 6.07) is 6.06. The Morgan fingerprint density at radius 2 is 1.48 bits per heavy atom. The lowest BCUT2D eigenvalue weighted by Crippen LogP contribution is -2.34. The van der Waals surface area contributed by atoms with Gasteiger partial charge in [-0.15, -0.1) is 0 Å². The van der Waals surface area contributed by atoms with Gasteiger partial charge in [-0.05, 0) is 89.3 Å². The van der Waals surface area contributed by atoms with Crippen molar-refractivity contribution in [3.8, 4) is 0 Å². The second-order valence-electron chi connectivity index (χ2n) is 12.3. The molecule has 1 aromatic carbocycles. The van der Waals surface area contributed by atoms with Gasteiger partial charge in [0.25, 0.3) is 5.91 Å². The van der Waals surface area contributed by atoms with E-state index in [9.17, 15) is 4.79 Å². The Labute approximate surface area is 258 Å². The molecule has 2 N–H and O–H groups in total. The van der Waals surface area contributed by atoms with Crippen molar-refractivity contribution in [3.05, 3.63) is 23.8 Å². The lowest BCUT2D eigenvalue weighted by atomic mass is 10.1. The van der Waals surface area contributed by atoms with Gasteiger partial charge < -0.3 is 25.0 Å². The van der Waals surface area contributed by atoms with Crippen molar-refractivity contribution in [2.24, 2.45) is 0 Å². The fourth-order valence-electron chi connectivity index (χ4n) is 5.97. The van der Waals surface area contributed by atoms with E-state index in [-0.39, 0.29) is 7.33 Å². The first-order chi connectivity index (χ1) is 20.7. The standard InChI is InChI=1S/C27H45N5O.C8H17N.H2/c1-4-7-18-31(19-8-5-2)26(33)23-13-14-24-25(22-23)32(20-9-6-3)27(29-24)28-15-21-30-16-11-10-12-17-30;1-2-4-6-8-9-7-5-3-1;/h13-14,22H,4-12,15-21H2,1-3H3,(H,28,29);9H,1-8H2;1H. The number of unbranched alkanes of at least 4 members (excludes halogenated alkanes) is 3. The molecule has 0 unspecified atom stereocenters. The number of aromatic nitrogens is 2. The van der Waals surface area contributed by atoms with Gasteiger partial charge in [-0.25, -0.2) is 4.98 Å². The van der Waals surface area contributed by atoms with Crippen molar-refractivity contribution in [1.82, 2.24) is 24.7 Å². The number of carbonyl (C=O) groups is 1.